The number of fused-ring (bicyclic) bond motifs is 1. The Morgan fingerprint density at radius 1 is 1.07 bits per heavy atom. The van der Waals surface area contributed by atoms with Gasteiger partial charge in [-0.3, -0.25) is 9.59 Å². The van der Waals surface area contributed by atoms with Crippen molar-refractivity contribution in [2.45, 2.75) is 76.2 Å². The number of hydrogen-bond donors (Lipinski definition) is 0. The van der Waals surface area contributed by atoms with Crippen LogP contribution < -0.4 is 0 Å². The highest BCUT2D eigenvalue weighted by molar-refractivity contribution is 6.16. The molecule has 0 N–H and O–H groups in total. The minimum atomic E-state index is -2.61. The number of carbonyl (C=O) groups excluding carboxylic acids is 2. The fraction of sp³-hybridized carbons (Fsp3) is 0.727. The largest absolute Gasteiger partial charge is 0.342 e. The summed E-state index contributed by atoms with van der Waals surface area (Å²) in [5, 5.41) is 4.35. The highest BCUT2D eigenvalue weighted by atomic mass is 19.3. The molecule has 3 heterocycles. The summed E-state index contributed by atoms with van der Waals surface area (Å²) in [4.78, 5) is 32.5. The minimum absolute atomic E-state index is 0.00978. The third-order valence-corrected chi connectivity index (χ3v) is 7.38. The standard InChI is InChI=1S/C22H28F2N4O2/c23-22(24)8-6-14(7-9-22)28-20-17(13-25-28)19(29)12-18(26-20)15-4-5-16(15)21(30)27-10-2-1-3-11-27/h13-16H,1-12H2. The Morgan fingerprint density at radius 2 is 1.80 bits per heavy atom. The molecule has 6 nitrogen and oxygen atoms in total. The molecule has 0 bridgehead atoms. The number of halogens is 2. The molecule has 1 amide bonds. The molecule has 0 radical (unpaired) electrons. The number of carbonyl (C=O) groups is 2. The number of aromatic nitrogens is 2. The molecular weight excluding hydrogens is 390 g/mol. The van der Waals surface area contributed by atoms with Gasteiger partial charge in [-0.15, -0.1) is 0 Å². The zero-order valence-electron chi connectivity index (χ0n) is 17.2. The lowest BCUT2D eigenvalue weighted by Crippen LogP contribution is -2.48. The van der Waals surface area contributed by atoms with Crippen LogP contribution in [0.1, 0.15) is 80.6 Å². The van der Waals surface area contributed by atoms with Crippen LogP contribution in [0.25, 0.3) is 0 Å². The number of hydrogen-bond acceptors (Lipinski definition) is 4. The minimum Gasteiger partial charge on any atom is -0.342 e. The third-order valence-electron chi connectivity index (χ3n) is 7.38. The first-order valence-corrected chi connectivity index (χ1v) is 11.3. The molecule has 1 aromatic heterocycles. The topological polar surface area (TPSA) is 67.6 Å². The number of ketones is 1. The predicted octanol–water partition coefficient (Wildman–Crippen LogP) is 4.33. The van der Waals surface area contributed by atoms with Gasteiger partial charge in [0, 0.05) is 43.5 Å². The summed E-state index contributed by atoms with van der Waals surface area (Å²) in [6, 6.07) is -0.156. The van der Waals surface area contributed by atoms with Crippen LogP contribution in [-0.4, -0.2) is 51.1 Å². The van der Waals surface area contributed by atoms with Crippen molar-refractivity contribution in [2.24, 2.45) is 16.8 Å². The van der Waals surface area contributed by atoms with Gasteiger partial charge in [0.25, 0.3) is 0 Å². The van der Waals surface area contributed by atoms with E-state index in [1.807, 2.05) is 4.90 Å². The van der Waals surface area contributed by atoms with Gasteiger partial charge >= 0.3 is 0 Å². The molecular formula is C22H28F2N4O2. The number of rotatable bonds is 3. The molecule has 5 rings (SSSR count). The van der Waals surface area contributed by atoms with Gasteiger partial charge < -0.3 is 4.90 Å². The Balaban J connectivity index is 1.36. The molecule has 8 heteroatoms. The van der Waals surface area contributed by atoms with Gasteiger partial charge in [-0.25, -0.2) is 18.5 Å². The summed E-state index contributed by atoms with van der Waals surface area (Å²) in [5.74, 6) is -2.00. The van der Waals surface area contributed by atoms with Crippen molar-refractivity contribution in [3.8, 4) is 0 Å². The zero-order valence-corrected chi connectivity index (χ0v) is 17.2. The quantitative estimate of drug-likeness (QED) is 0.734. The first-order valence-electron chi connectivity index (χ1n) is 11.3. The third kappa shape index (κ3) is 3.48. The summed E-state index contributed by atoms with van der Waals surface area (Å²) in [6.07, 6.45) is 7.12. The summed E-state index contributed by atoms with van der Waals surface area (Å²) < 4.78 is 28.8. The maximum absolute atomic E-state index is 13.6. The molecule has 4 aliphatic rings. The van der Waals surface area contributed by atoms with Gasteiger partial charge in [0.2, 0.25) is 11.8 Å². The van der Waals surface area contributed by atoms with E-state index < -0.39 is 5.92 Å². The lowest BCUT2D eigenvalue weighted by Gasteiger charge is -2.41. The molecule has 0 aromatic carbocycles. The summed E-state index contributed by atoms with van der Waals surface area (Å²) in [7, 11) is 0. The lowest BCUT2D eigenvalue weighted by molar-refractivity contribution is -0.140. The molecule has 162 valence electrons. The van der Waals surface area contributed by atoms with Gasteiger partial charge in [0.1, 0.15) is 0 Å². The lowest BCUT2D eigenvalue weighted by atomic mass is 9.68. The smallest absolute Gasteiger partial charge is 0.248 e. The average Bonchev–Trinajstić information content (AvgIpc) is 3.12. The Kier molecular flexibility index (Phi) is 4.98. The fourth-order valence-corrected chi connectivity index (χ4v) is 5.39. The van der Waals surface area contributed by atoms with Crippen LogP contribution >= 0.6 is 0 Å². The molecule has 2 atom stereocenters. The van der Waals surface area contributed by atoms with Crippen molar-refractivity contribution in [1.29, 1.82) is 0 Å². The molecule has 2 unspecified atom stereocenters. The van der Waals surface area contributed by atoms with E-state index in [1.54, 1.807) is 4.68 Å². The normalized spacial score (nSPS) is 29.2. The van der Waals surface area contributed by atoms with Crippen molar-refractivity contribution >= 4 is 23.2 Å². The van der Waals surface area contributed by atoms with E-state index in [9.17, 15) is 18.4 Å². The molecule has 0 spiro atoms. The molecule has 1 aromatic rings. The second-order valence-electron chi connectivity index (χ2n) is 9.29. The second kappa shape index (κ2) is 7.54. The van der Waals surface area contributed by atoms with E-state index in [0.29, 0.717) is 24.2 Å². The van der Waals surface area contributed by atoms with Gasteiger partial charge in [-0.2, -0.15) is 5.10 Å². The van der Waals surface area contributed by atoms with Crippen molar-refractivity contribution in [3.05, 3.63) is 11.8 Å². The molecule has 2 aliphatic carbocycles. The van der Waals surface area contributed by atoms with Crippen LogP contribution in [-0.2, 0) is 4.79 Å². The number of alkyl halides is 2. The van der Waals surface area contributed by atoms with E-state index in [0.717, 1.165) is 44.5 Å². The Hall–Kier alpha value is -2.12. The van der Waals surface area contributed by atoms with E-state index in [4.69, 9.17) is 4.99 Å². The molecule has 3 fully saturated rings. The second-order valence-corrected chi connectivity index (χ2v) is 9.29. The van der Waals surface area contributed by atoms with Crippen molar-refractivity contribution in [2.75, 3.05) is 13.1 Å². The fourth-order valence-electron chi connectivity index (χ4n) is 5.39. The van der Waals surface area contributed by atoms with Crippen LogP contribution in [0.4, 0.5) is 14.6 Å². The van der Waals surface area contributed by atoms with Gasteiger partial charge in [-0.1, -0.05) is 0 Å². The van der Waals surface area contributed by atoms with E-state index in [1.165, 1.54) is 12.6 Å². The number of Topliss-reactive ketones (excluding diaryl/α,β-unsaturated/α-hetero) is 1. The first kappa shape index (κ1) is 19.8. The van der Waals surface area contributed by atoms with Crippen LogP contribution in [0, 0.1) is 11.8 Å². The van der Waals surface area contributed by atoms with Gasteiger partial charge in [0.15, 0.2) is 11.6 Å². The van der Waals surface area contributed by atoms with Gasteiger partial charge in [0.05, 0.1) is 24.2 Å². The first-order chi connectivity index (χ1) is 14.4. The maximum atomic E-state index is 13.6. The Labute approximate surface area is 174 Å². The average molecular weight is 418 g/mol. The monoisotopic (exact) mass is 418 g/mol. The predicted molar refractivity (Wildman–Crippen MR) is 107 cm³/mol. The van der Waals surface area contributed by atoms with Crippen LogP contribution in [0.3, 0.4) is 0 Å². The number of nitrogens with zero attached hydrogens (tertiary/aromatic N) is 4. The van der Waals surface area contributed by atoms with Crippen molar-refractivity contribution < 1.29 is 18.4 Å². The Morgan fingerprint density at radius 3 is 2.47 bits per heavy atom. The summed E-state index contributed by atoms with van der Waals surface area (Å²) in [5.41, 5.74) is 1.26. The highest BCUT2D eigenvalue weighted by Gasteiger charge is 2.44. The maximum Gasteiger partial charge on any atom is 0.248 e. The number of piperidine rings is 1. The summed E-state index contributed by atoms with van der Waals surface area (Å²) in [6.45, 7) is 1.66. The highest BCUT2D eigenvalue weighted by Crippen LogP contribution is 2.44. The molecule has 30 heavy (non-hydrogen) atoms. The Bertz CT molecular complexity index is 878. The molecule has 1 saturated heterocycles. The van der Waals surface area contributed by atoms with Crippen LogP contribution in [0.15, 0.2) is 11.2 Å². The van der Waals surface area contributed by atoms with E-state index in [2.05, 4.69) is 5.10 Å². The van der Waals surface area contributed by atoms with Gasteiger partial charge in [-0.05, 0) is 44.9 Å². The molecule has 2 aliphatic heterocycles. The SMILES string of the molecule is O=C1CC(C2CCC2C(=O)N2CCCCC2)=Nc2c1cnn2C1CCC(F)(F)CC1. The van der Waals surface area contributed by atoms with Crippen molar-refractivity contribution in [3.63, 3.8) is 0 Å². The van der Waals surface area contributed by atoms with E-state index in [-0.39, 0.29) is 48.8 Å². The number of likely N-dealkylation sites (tertiary alicyclic amines) is 1. The summed E-state index contributed by atoms with van der Waals surface area (Å²) >= 11 is 0. The van der Waals surface area contributed by atoms with Crippen LogP contribution in [0.5, 0.6) is 0 Å². The zero-order chi connectivity index (χ0) is 20.9. The molecule has 2 saturated carbocycles. The number of aliphatic imine (C=N–C) groups is 1. The van der Waals surface area contributed by atoms with Crippen LogP contribution in [0.2, 0.25) is 0 Å². The van der Waals surface area contributed by atoms with Crippen molar-refractivity contribution in [1.82, 2.24) is 14.7 Å². The van der Waals surface area contributed by atoms with E-state index >= 15 is 0 Å². The number of amides is 1.